The standard InChI is InChI=1S/C16H15FO2/c1-2-3-11-4-6-12(7-5-11)13-8-14(16(18)19)10-15(17)9-13/h4-10H,2-3H2,1H3,(H,18,19). The first-order chi connectivity index (χ1) is 9.10. The number of aryl methyl sites for hydroxylation is 1. The smallest absolute Gasteiger partial charge is 0.335 e. The SMILES string of the molecule is CCCc1ccc(-c2cc(F)cc(C(=O)O)c2)cc1. The second-order valence-electron chi connectivity index (χ2n) is 4.48. The summed E-state index contributed by atoms with van der Waals surface area (Å²) in [5.74, 6) is -1.66. The van der Waals surface area contributed by atoms with E-state index in [1.807, 2.05) is 24.3 Å². The van der Waals surface area contributed by atoms with E-state index in [1.54, 1.807) is 0 Å². The van der Waals surface area contributed by atoms with E-state index in [2.05, 4.69) is 6.92 Å². The van der Waals surface area contributed by atoms with Crippen molar-refractivity contribution in [2.75, 3.05) is 0 Å². The molecule has 0 aliphatic carbocycles. The molecular weight excluding hydrogens is 243 g/mol. The lowest BCUT2D eigenvalue weighted by molar-refractivity contribution is 0.0696. The number of carboxylic acids is 1. The van der Waals surface area contributed by atoms with Crippen molar-refractivity contribution in [3.63, 3.8) is 0 Å². The number of halogens is 1. The van der Waals surface area contributed by atoms with Crippen LogP contribution in [0.15, 0.2) is 42.5 Å². The van der Waals surface area contributed by atoms with E-state index >= 15 is 0 Å². The third-order valence-electron chi connectivity index (χ3n) is 2.97. The molecule has 0 amide bonds. The van der Waals surface area contributed by atoms with Gasteiger partial charge in [0.15, 0.2) is 0 Å². The fraction of sp³-hybridized carbons (Fsp3) is 0.188. The Hall–Kier alpha value is -2.16. The van der Waals surface area contributed by atoms with Gasteiger partial charge in [-0.15, -0.1) is 0 Å². The zero-order valence-electron chi connectivity index (χ0n) is 10.7. The van der Waals surface area contributed by atoms with E-state index in [0.717, 1.165) is 24.5 Å². The number of carboxylic acid groups (broad SMARTS) is 1. The van der Waals surface area contributed by atoms with Crippen LogP contribution in [0.2, 0.25) is 0 Å². The van der Waals surface area contributed by atoms with Gasteiger partial charge in [-0.25, -0.2) is 9.18 Å². The third kappa shape index (κ3) is 3.19. The van der Waals surface area contributed by atoms with Gasteiger partial charge in [-0.05, 0) is 41.3 Å². The number of hydrogen-bond donors (Lipinski definition) is 1. The Morgan fingerprint density at radius 1 is 1.11 bits per heavy atom. The second-order valence-corrected chi connectivity index (χ2v) is 4.48. The van der Waals surface area contributed by atoms with Crippen LogP contribution in [0.5, 0.6) is 0 Å². The molecule has 0 spiro atoms. The Labute approximate surface area is 111 Å². The normalized spacial score (nSPS) is 10.4. The molecule has 0 saturated carbocycles. The van der Waals surface area contributed by atoms with E-state index in [0.29, 0.717) is 5.56 Å². The van der Waals surface area contributed by atoms with Gasteiger partial charge in [0, 0.05) is 0 Å². The summed E-state index contributed by atoms with van der Waals surface area (Å²) in [5.41, 5.74) is 2.59. The Morgan fingerprint density at radius 2 is 1.79 bits per heavy atom. The molecule has 98 valence electrons. The Morgan fingerprint density at radius 3 is 2.37 bits per heavy atom. The first-order valence-electron chi connectivity index (χ1n) is 6.23. The molecule has 0 saturated heterocycles. The summed E-state index contributed by atoms with van der Waals surface area (Å²) in [6, 6.07) is 11.6. The van der Waals surface area contributed by atoms with Gasteiger partial charge >= 0.3 is 5.97 Å². The molecule has 2 aromatic carbocycles. The maximum Gasteiger partial charge on any atom is 0.335 e. The second kappa shape index (κ2) is 5.65. The van der Waals surface area contributed by atoms with Crippen LogP contribution in [-0.4, -0.2) is 11.1 Å². The average molecular weight is 258 g/mol. The van der Waals surface area contributed by atoms with E-state index in [1.165, 1.54) is 17.7 Å². The zero-order chi connectivity index (χ0) is 13.8. The van der Waals surface area contributed by atoms with E-state index in [9.17, 15) is 9.18 Å². The van der Waals surface area contributed by atoms with Crippen molar-refractivity contribution in [3.05, 3.63) is 59.4 Å². The van der Waals surface area contributed by atoms with Crippen LogP contribution < -0.4 is 0 Å². The number of benzene rings is 2. The lowest BCUT2D eigenvalue weighted by Gasteiger charge is -2.05. The van der Waals surface area contributed by atoms with Crippen molar-refractivity contribution in [2.24, 2.45) is 0 Å². The van der Waals surface area contributed by atoms with Crippen LogP contribution in [0.1, 0.15) is 29.3 Å². The Bertz CT molecular complexity index is 588. The highest BCUT2D eigenvalue weighted by atomic mass is 19.1. The largest absolute Gasteiger partial charge is 0.478 e. The monoisotopic (exact) mass is 258 g/mol. The highest BCUT2D eigenvalue weighted by Crippen LogP contribution is 2.23. The minimum Gasteiger partial charge on any atom is -0.478 e. The van der Waals surface area contributed by atoms with Crippen LogP contribution in [0.3, 0.4) is 0 Å². The first kappa shape index (κ1) is 13.3. The van der Waals surface area contributed by atoms with Crippen LogP contribution in [-0.2, 0) is 6.42 Å². The summed E-state index contributed by atoms with van der Waals surface area (Å²) in [6.07, 6.45) is 2.08. The van der Waals surface area contributed by atoms with Gasteiger partial charge in [-0.2, -0.15) is 0 Å². The molecule has 19 heavy (non-hydrogen) atoms. The molecule has 0 fully saturated rings. The summed E-state index contributed by atoms with van der Waals surface area (Å²) < 4.78 is 13.4. The van der Waals surface area contributed by atoms with Crippen LogP contribution in [0.4, 0.5) is 4.39 Å². The van der Waals surface area contributed by atoms with Gasteiger partial charge in [0.05, 0.1) is 5.56 Å². The quantitative estimate of drug-likeness (QED) is 0.894. The molecule has 2 rings (SSSR count). The van der Waals surface area contributed by atoms with Gasteiger partial charge in [-0.3, -0.25) is 0 Å². The van der Waals surface area contributed by atoms with Crippen molar-refractivity contribution in [1.82, 2.24) is 0 Å². The maximum absolute atomic E-state index is 13.4. The average Bonchev–Trinajstić information content (AvgIpc) is 2.39. The topological polar surface area (TPSA) is 37.3 Å². The maximum atomic E-state index is 13.4. The van der Waals surface area contributed by atoms with E-state index < -0.39 is 11.8 Å². The van der Waals surface area contributed by atoms with Crippen LogP contribution in [0.25, 0.3) is 11.1 Å². The molecule has 0 bridgehead atoms. The molecule has 0 aromatic heterocycles. The lowest BCUT2D eigenvalue weighted by Crippen LogP contribution is -1.97. The summed E-state index contributed by atoms with van der Waals surface area (Å²) in [4.78, 5) is 10.9. The van der Waals surface area contributed by atoms with Gasteiger partial charge in [-0.1, -0.05) is 37.6 Å². The molecule has 3 heteroatoms. The summed E-state index contributed by atoms with van der Waals surface area (Å²) in [6.45, 7) is 2.11. The highest BCUT2D eigenvalue weighted by molar-refractivity contribution is 5.89. The molecule has 0 unspecified atom stereocenters. The predicted octanol–water partition coefficient (Wildman–Crippen LogP) is 4.14. The Kier molecular flexibility index (Phi) is 3.95. The summed E-state index contributed by atoms with van der Waals surface area (Å²) >= 11 is 0. The number of hydrogen-bond acceptors (Lipinski definition) is 1. The first-order valence-corrected chi connectivity index (χ1v) is 6.23. The third-order valence-corrected chi connectivity index (χ3v) is 2.97. The van der Waals surface area contributed by atoms with E-state index in [4.69, 9.17) is 5.11 Å². The number of aromatic carboxylic acids is 1. The van der Waals surface area contributed by atoms with Crippen molar-refractivity contribution >= 4 is 5.97 Å². The lowest BCUT2D eigenvalue weighted by atomic mass is 10.0. The van der Waals surface area contributed by atoms with Gasteiger partial charge in [0.1, 0.15) is 5.82 Å². The van der Waals surface area contributed by atoms with Gasteiger partial charge in [0.2, 0.25) is 0 Å². The van der Waals surface area contributed by atoms with Crippen molar-refractivity contribution < 1.29 is 14.3 Å². The summed E-state index contributed by atoms with van der Waals surface area (Å²) in [7, 11) is 0. The molecule has 0 aliphatic heterocycles. The van der Waals surface area contributed by atoms with Crippen molar-refractivity contribution in [2.45, 2.75) is 19.8 Å². The molecule has 2 nitrogen and oxygen atoms in total. The number of rotatable bonds is 4. The molecule has 0 atom stereocenters. The minimum absolute atomic E-state index is 0.0346. The molecule has 0 radical (unpaired) electrons. The fourth-order valence-electron chi connectivity index (χ4n) is 2.03. The molecule has 2 aromatic rings. The van der Waals surface area contributed by atoms with Gasteiger partial charge in [0.25, 0.3) is 0 Å². The Balaban J connectivity index is 2.38. The fourth-order valence-corrected chi connectivity index (χ4v) is 2.03. The van der Waals surface area contributed by atoms with Crippen molar-refractivity contribution in [3.8, 4) is 11.1 Å². The molecule has 0 aliphatic rings. The van der Waals surface area contributed by atoms with E-state index in [-0.39, 0.29) is 5.56 Å². The van der Waals surface area contributed by atoms with Crippen LogP contribution >= 0.6 is 0 Å². The molecular formula is C16H15FO2. The molecule has 1 N–H and O–H groups in total. The van der Waals surface area contributed by atoms with Crippen LogP contribution in [0, 0.1) is 5.82 Å². The summed E-state index contributed by atoms with van der Waals surface area (Å²) in [5, 5.41) is 8.93. The molecule has 0 heterocycles. The van der Waals surface area contributed by atoms with Gasteiger partial charge < -0.3 is 5.11 Å². The highest BCUT2D eigenvalue weighted by Gasteiger charge is 2.08. The zero-order valence-corrected chi connectivity index (χ0v) is 10.7. The van der Waals surface area contributed by atoms with Crippen molar-refractivity contribution in [1.29, 1.82) is 0 Å². The predicted molar refractivity (Wildman–Crippen MR) is 72.8 cm³/mol. The minimum atomic E-state index is -1.12. The number of carbonyl (C=O) groups is 1.